The molecular formula is C23H37N3O3. The standard InChI is InChI=1S/C23H37N3O3/c1-3-5-7-17-25(22(28)4-2)26(19-20-10-12-21(27)13-11-20)23(29)14-18-24-15-8-6-9-16-24/h10-13,27H,3-9,14-19H2,1-2H3. The van der Waals surface area contributed by atoms with E-state index in [2.05, 4.69) is 11.8 Å². The van der Waals surface area contributed by atoms with Crippen LogP contribution in [0.1, 0.15) is 70.8 Å². The molecule has 6 heteroatoms. The molecule has 2 amide bonds. The number of benzene rings is 1. The minimum atomic E-state index is -0.0220. The highest BCUT2D eigenvalue weighted by Gasteiger charge is 2.25. The highest BCUT2D eigenvalue weighted by Crippen LogP contribution is 2.17. The van der Waals surface area contributed by atoms with Crippen molar-refractivity contribution in [3.8, 4) is 5.75 Å². The predicted molar refractivity (Wildman–Crippen MR) is 115 cm³/mol. The SMILES string of the molecule is CCCCCN(C(=O)CC)N(Cc1ccc(O)cc1)C(=O)CCN1CCCCC1. The van der Waals surface area contributed by atoms with Gasteiger partial charge in [-0.15, -0.1) is 0 Å². The normalized spacial score (nSPS) is 14.6. The molecule has 6 nitrogen and oxygen atoms in total. The third kappa shape index (κ3) is 7.69. The zero-order valence-corrected chi connectivity index (χ0v) is 18.1. The fraction of sp³-hybridized carbons (Fsp3) is 0.652. The van der Waals surface area contributed by atoms with Crippen LogP contribution in [0.4, 0.5) is 0 Å². The van der Waals surface area contributed by atoms with Gasteiger partial charge < -0.3 is 10.0 Å². The van der Waals surface area contributed by atoms with Crippen LogP contribution in [0, 0.1) is 0 Å². The summed E-state index contributed by atoms with van der Waals surface area (Å²) < 4.78 is 0. The molecule has 1 heterocycles. The fourth-order valence-corrected chi connectivity index (χ4v) is 3.72. The number of piperidine rings is 1. The van der Waals surface area contributed by atoms with Gasteiger partial charge in [0.2, 0.25) is 11.8 Å². The molecule has 1 fully saturated rings. The summed E-state index contributed by atoms with van der Waals surface area (Å²) in [6, 6.07) is 6.85. The Morgan fingerprint density at radius 1 is 0.966 bits per heavy atom. The molecular weight excluding hydrogens is 366 g/mol. The van der Waals surface area contributed by atoms with Gasteiger partial charge in [0.1, 0.15) is 5.75 Å². The zero-order valence-electron chi connectivity index (χ0n) is 18.1. The van der Waals surface area contributed by atoms with Crippen molar-refractivity contribution in [2.45, 2.75) is 71.8 Å². The number of carbonyl (C=O) groups is 2. The summed E-state index contributed by atoms with van der Waals surface area (Å²) in [7, 11) is 0. The second-order valence-electron chi connectivity index (χ2n) is 7.85. The van der Waals surface area contributed by atoms with Gasteiger partial charge in [-0.1, -0.05) is 45.2 Å². The van der Waals surface area contributed by atoms with E-state index in [1.165, 1.54) is 19.3 Å². The third-order valence-corrected chi connectivity index (χ3v) is 5.50. The number of hydrazine groups is 1. The molecule has 29 heavy (non-hydrogen) atoms. The van der Waals surface area contributed by atoms with Gasteiger partial charge in [-0.3, -0.25) is 14.6 Å². The lowest BCUT2D eigenvalue weighted by Gasteiger charge is -2.36. The second-order valence-corrected chi connectivity index (χ2v) is 7.85. The molecule has 0 bridgehead atoms. The summed E-state index contributed by atoms with van der Waals surface area (Å²) in [5.41, 5.74) is 0.901. The molecule has 1 aromatic carbocycles. The van der Waals surface area contributed by atoms with Crippen LogP contribution in [0.25, 0.3) is 0 Å². The Bertz CT molecular complexity index is 627. The Morgan fingerprint density at radius 2 is 1.66 bits per heavy atom. The number of hydrogen-bond donors (Lipinski definition) is 1. The number of carbonyl (C=O) groups excluding carboxylic acids is 2. The van der Waals surface area contributed by atoms with E-state index >= 15 is 0 Å². The van der Waals surface area contributed by atoms with E-state index < -0.39 is 0 Å². The van der Waals surface area contributed by atoms with Gasteiger partial charge in [-0.2, -0.15) is 0 Å². The Balaban J connectivity index is 2.13. The van der Waals surface area contributed by atoms with Crippen molar-refractivity contribution in [3.05, 3.63) is 29.8 Å². The first kappa shape index (κ1) is 23.2. The van der Waals surface area contributed by atoms with E-state index in [0.29, 0.717) is 25.9 Å². The van der Waals surface area contributed by atoms with Crippen molar-refractivity contribution in [1.82, 2.24) is 14.9 Å². The first-order valence-electron chi connectivity index (χ1n) is 11.2. The van der Waals surface area contributed by atoms with Gasteiger partial charge >= 0.3 is 0 Å². The monoisotopic (exact) mass is 403 g/mol. The van der Waals surface area contributed by atoms with Crippen molar-refractivity contribution in [2.75, 3.05) is 26.2 Å². The minimum absolute atomic E-state index is 0.0121. The lowest BCUT2D eigenvalue weighted by atomic mass is 10.1. The van der Waals surface area contributed by atoms with Crippen molar-refractivity contribution >= 4 is 11.8 Å². The minimum Gasteiger partial charge on any atom is -0.508 e. The van der Waals surface area contributed by atoms with Crippen molar-refractivity contribution in [3.63, 3.8) is 0 Å². The van der Waals surface area contributed by atoms with Crippen LogP contribution in [0.5, 0.6) is 5.75 Å². The molecule has 2 rings (SSSR count). The molecule has 0 radical (unpaired) electrons. The van der Waals surface area contributed by atoms with Crippen LogP contribution >= 0.6 is 0 Å². The Hall–Kier alpha value is -2.08. The number of amides is 2. The third-order valence-electron chi connectivity index (χ3n) is 5.50. The van der Waals surface area contributed by atoms with Crippen LogP contribution in [-0.2, 0) is 16.1 Å². The fourth-order valence-electron chi connectivity index (χ4n) is 3.72. The molecule has 1 aliphatic rings. The summed E-state index contributed by atoms with van der Waals surface area (Å²) in [5, 5.41) is 12.8. The predicted octanol–water partition coefficient (Wildman–Crippen LogP) is 3.94. The topological polar surface area (TPSA) is 64.1 Å². The number of phenolic OH excluding ortho intramolecular Hbond substituents is 1. The summed E-state index contributed by atoms with van der Waals surface area (Å²) in [6.07, 6.45) is 7.43. The number of aromatic hydroxyl groups is 1. The first-order chi connectivity index (χ1) is 14.0. The molecule has 1 aromatic rings. The molecule has 1 N–H and O–H groups in total. The first-order valence-corrected chi connectivity index (χ1v) is 11.2. The summed E-state index contributed by atoms with van der Waals surface area (Å²) >= 11 is 0. The number of unbranched alkanes of at least 4 members (excludes halogenated alkanes) is 2. The van der Waals surface area contributed by atoms with Crippen molar-refractivity contribution in [2.24, 2.45) is 0 Å². The maximum absolute atomic E-state index is 13.2. The van der Waals surface area contributed by atoms with Gasteiger partial charge in [0.15, 0.2) is 0 Å². The summed E-state index contributed by atoms with van der Waals surface area (Å²) in [6.45, 7) is 7.73. The van der Waals surface area contributed by atoms with Gasteiger partial charge in [-0.25, -0.2) is 5.01 Å². The van der Waals surface area contributed by atoms with Crippen LogP contribution < -0.4 is 0 Å². The molecule has 0 saturated carbocycles. The molecule has 162 valence electrons. The van der Waals surface area contributed by atoms with Crippen LogP contribution in [-0.4, -0.2) is 58.0 Å². The lowest BCUT2D eigenvalue weighted by Crippen LogP contribution is -2.50. The van der Waals surface area contributed by atoms with Gasteiger partial charge in [0.25, 0.3) is 0 Å². The number of hydrogen-bond acceptors (Lipinski definition) is 4. The van der Waals surface area contributed by atoms with Gasteiger partial charge in [0.05, 0.1) is 6.54 Å². The van der Waals surface area contributed by atoms with Crippen LogP contribution in [0.3, 0.4) is 0 Å². The smallest absolute Gasteiger partial charge is 0.242 e. The quantitative estimate of drug-likeness (QED) is 0.475. The molecule has 1 saturated heterocycles. The number of likely N-dealkylation sites (tertiary alicyclic amines) is 1. The maximum atomic E-state index is 13.2. The highest BCUT2D eigenvalue weighted by molar-refractivity contribution is 5.82. The number of phenols is 1. The van der Waals surface area contributed by atoms with Crippen LogP contribution in [0.15, 0.2) is 24.3 Å². The van der Waals surface area contributed by atoms with Gasteiger partial charge in [-0.05, 0) is 50.0 Å². The number of nitrogens with zero attached hydrogens (tertiary/aromatic N) is 3. The highest BCUT2D eigenvalue weighted by atomic mass is 16.3. The molecule has 0 aromatic heterocycles. The van der Waals surface area contributed by atoms with E-state index in [0.717, 1.165) is 44.5 Å². The summed E-state index contributed by atoms with van der Waals surface area (Å²) in [4.78, 5) is 28.2. The number of rotatable bonds is 10. The largest absolute Gasteiger partial charge is 0.508 e. The average molecular weight is 404 g/mol. The molecule has 0 aliphatic carbocycles. The van der Waals surface area contributed by atoms with E-state index in [4.69, 9.17) is 0 Å². The Kier molecular flexibility index (Phi) is 9.98. The van der Waals surface area contributed by atoms with E-state index in [1.807, 2.05) is 6.92 Å². The Labute approximate surface area is 175 Å². The average Bonchev–Trinajstić information content (AvgIpc) is 2.75. The summed E-state index contributed by atoms with van der Waals surface area (Å²) in [5.74, 6) is 0.161. The molecule has 1 aliphatic heterocycles. The zero-order chi connectivity index (χ0) is 21.1. The van der Waals surface area contributed by atoms with E-state index in [-0.39, 0.29) is 17.6 Å². The second kappa shape index (κ2) is 12.5. The van der Waals surface area contributed by atoms with Crippen LogP contribution in [0.2, 0.25) is 0 Å². The van der Waals surface area contributed by atoms with Crippen molar-refractivity contribution < 1.29 is 14.7 Å². The van der Waals surface area contributed by atoms with Gasteiger partial charge in [0, 0.05) is 25.9 Å². The van der Waals surface area contributed by atoms with Crippen molar-refractivity contribution in [1.29, 1.82) is 0 Å². The van der Waals surface area contributed by atoms with E-state index in [1.54, 1.807) is 34.3 Å². The Morgan fingerprint density at radius 3 is 2.28 bits per heavy atom. The maximum Gasteiger partial charge on any atom is 0.242 e. The molecule has 0 atom stereocenters. The molecule has 0 unspecified atom stereocenters. The molecule has 0 spiro atoms. The lowest BCUT2D eigenvalue weighted by molar-refractivity contribution is -0.165. The van der Waals surface area contributed by atoms with E-state index in [9.17, 15) is 14.7 Å².